The lowest BCUT2D eigenvalue weighted by molar-refractivity contribution is -0.161. The first-order valence-electron chi connectivity index (χ1n) is 6.74. The van der Waals surface area contributed by atoms with Crippen LogP contribution in [0.25, 0.3) is 0 Å². The van der Waals surface area contributed by atoms with Crippen LogP contribution in [-0.2, 0) is 16.0 Å². The molecule has 1 aromatic rings. The topological polar surface area (TPSA) is 47.7 Å². The molecule has 19 heavy (non-hydrogen) atoms. The second kappa shape index (κ2) is 5.40. The molecule has 0 atom stereocenters. The summed E-state index contributed by atoms with van der Waals surface area (Å²) in [5.74, 6) is -0.396. The Morgan fingerprint density at radius 1 is 1.32 bits per heavy atom. The second-order valence-corrected chi connectivity index (χ2v) is 5.93. The van der Waals surface area contributed by atoms with Crippen molar-refractivity contribution < 1.29 is 9.47 Å². The number of piperidine rings is 1. The summed E-state index contributed by atoms with van der Waals surface area (Å²) in [6.07, 6.45) is 2.06. The third-order valence-corrected chi connectivity index (χ3v) is 4.61. The molecule has 0 bridgehead atoms. The highest BCUT2D eigenvalue weighted by atomic mass is 79.9. The van der Waals surface area contributed by atoms with Gasteiger partial charge in [-0.1, -0.05) is 22.0 Å². The molecule has 0 saturated carbocycles. The van der Waals surface area contributed by atoms with E-state index >= 15 is 0 Å². The smallest absolute Gasteiger partial charge is 0.186 e. The lowest BCUT2D eigenvalue weighted by Crippen LogP contribution is -2.49. The molecule has 0 aliphatic carbocycles. The van der Waals surface area contributed by atoms with Crippen LogP contribution in [0, 0.1) is 0 Å². The number of nitrogens with zero attached hydrogens (tertiary/aromatic N) is 1. The van der Waals surface area contributed by atoms with Gasteiger partial charge in [0.1, 0.15) is 0 Å². The SMILES string of the molecule is NCc1c(Br)cccc1N1CCCC2(C1)OCCO2. The Labute approximate surface area is 122 Å². The van der Waals surface area contributed by atoms with E-state index in [9.17, 15) is 0 Å². The predicted octanol–water partition coefficient (Wildman–Crippen LogP) is 2.25. The molecule has 3 rings (SSSR count). The summed E-state index contributed by atoms with van der Waals surface area (Å²) in [6.45, 7) is 3.75. The summed E-state index contributed by atoms with van der Waals surface area (Å²) in [7, 11) is 0. The number of rotatable bonds is 2. The lowest BCUT2D eigenvalue weighted by Gasteiger charge is -2.40. The Morgan fingerprint density at radius 2 is 2.11 bits per heavy atom. The van der Waals surface area contributed by atoms with Crippen LogP contribution in [0.2, 0.25) is 0 Å². The molecule has 2 aliphatic rings. The molecule has 2 N–H and O–H groups in total. The number of benzene rings is 1. The van der Waals surface area contributed by atoms with Crippen LogP contribution in [-0.4, -0.2) is 32.1 Å². The van der Waals surface area contributed by atoms with Crippen molar-refractivity contribution in [3.8, 4) is 0 Å². The molecule has 0 unspecified atom stereocenters. The number of ether oxygens (including phenoxy) is 2. The van der Waals surface area contributed by atoms with Crippen LogP contribution in [0.3, 0.4) is 0 Å². The van der Waals surface area contributed by atoms with E-state index in [1.54, 1.807) is 0 Å². The van der Waals surface area contributed by atoms with Gasteiger partial charge < -0.3 is 20.1 Å². The molecule has 2 fully saturated rings. The predicted molar refractivity (Wildman–Crippen MR) is 78.1 cm³/mol. The first-order chi connectivity index (χ1) is 9.24. The van der Waals surface area contributed by atoms with Crippen molar-refractivity contribution in [2.24, 2.45) is 5.73 Å². The zero-order valence-electron chi connectivity index (χ0n) is 10.9. The van der Waals surface area contributed by atoms with Gasteiger partial charge in [-0.2, -0.15) is 0 Å². The van der Waals surface area contributed by atoms with Gasteiger partial charge in [0.25, 0.3) is 0 Å². The van der Waals surface area contributed by atoms with Crippen molar-refractivity contribution in [3.63, 3.8) is 0 Å². The van der Waals surface area contributed by atoms with Gasteiger partial charge >= 0.3 is 0 Å². The third kappa shape index (κ3) is 2.52. The molecule has 5 heteroatoms. The van der Waals surface area contributed by atoms with Gasteiger partial charge in [-0.3, -0.25) is 0 Å². The van der Waals surface area contributed by atoms with Gasteiger partial charge in [-0.25, -0.2) is 0 Å². The molecule has 0 aromatic heterocycles. The molecule has 4 nitrogen and oxygen atoms in total. The Hall–Kier alpha value is -0.620. The van der Waals surface area contributed by atoms with Crippen LogP contribution in [0.5, 0.6) is 0 Å². The fraction of sp³-hybridized carbons (Fsp3) is 0.571. The van der Waals surface area contributed by atoms with Gasteiger partial charge in [0.05, 0.1) is 19.8 Å². The van der Waals surface area contributed by atoms with Gasteiger partial charge in [0.2, 0.25) is 0 Å². The summed E-state index contributed by atoms with van der Waals surface area (Å²) in [5.41, 5.74) is 8.22. The first kappa shape index (κ1) is 13.4. The van der Waals surface area contributed by atoms with Crippen molar-refractivity contribution >= 4 is 21.6 Å². The molecule has 104 valence electrons. The highest BCUT2D eigenvalue weighted by molar-refractivity contribution is 9.10. The van der Waals surface area contributed by atoms with E-state index in [0.29, 0.717) is 19.8 Å². The maximum Gasteiger partial charge on any atom is 0.186 e. The average Bonchev–Trinajstić information content (AvgIpc) is 2.86. The zero-order valence-corrected chi connectivity index (χ0v) is 12.5. The minimum absolute atomic E-state index is 0.396. The first-order valence-corrected chi connectivity index (χ1v) is 7.54. The van der Waals surface area contributed by atoms with Crippen LogP contribution in [0.1, 0.15) is 18.4 Å². The maximum atomic E-state index is 5.88. The van der Waals surface area contributed by atoms with E-state index in [1.165, 1.54) is 5.69 Å². The fourth-order valence-electron chi connectivity index (χ4n) is 2.97. The zero-order chi connectivity index (χ0) is 13.3. The Kier molecular flexibility index (Phi) is 3.80. The molecule has 1 spiro atoms. The molecule has 2 aliphatic heterocycles. The van der Waals surface area contributed by atoms with Crippen molar-refractivity contribution in [1.29, 1.82) is 0 Å². The van der Waals surface area contributed by atoms with Crippen LogP contribution >= 0.6 is 15.9 Å². The third-order valence-electron chi connectivity index (χ3n) is 3.87. The Bertz CT molecular complexity index is 461. The van der Waals surface area contributed by atoms with E-state index in [1.807, 2.05) is 6.07 Å². The highest BCUT2D eigenvalue weighted by Crippen LogP contribution is 2.35. The summed E-state index contributed by atoms with van der Waals surface area (Å²) in [5, 5.41) is 0. The summed E-state index contributed by atoms with van der Waals surface area (Å²) < 4.78 is 12.7. The summed E-state index contributed by atoms with van der Waals surface area (Å²) in [4.78, 5) is 2.34. The summed E-state index contributed by atoms with van der Waals surface area (Å²) in [6, 6.07) is 6.21. The molecule has 0 radical (unpaired) electrons. The van der Waals surface area contributed by atoms with E-state index in [0.717, 1.165) is 36.0 Å². The quantitative estimate of drug-likeness (QED) is 0.905. The largest absolute Gasteiger partial charge is 0.366 e. The minimum Gasteiger partial charge on any atom is -0.366 e. The Balaban J connectivity index is 1.87. The van der Waals surface area contributed by atoms with Gasteiger partial charge in [0, 0.05) is 35.2 Å². The number of hydrogen-bond donors (Lipinski definition) is 1. The van der Waals surface area contributed by atoms with Crippen LogP contribution in [0.15, 0.2) is 22.7 Å². The number of nitrogens with two attached hydrogens (primary N) is 1. The minimum atomic E-state index is -0.396. The van der Waals surface area contributed by atoms with Crippen molar-refractivity contribution in [2.45, 2.75) is 25.2 Å². The van der Waals surface area contributed by atoms with Crippen molar-refractivity contribution in [1.82, 2.24) is 0 Å². The fourth-order valence-corrected chi connectivity index (χ4v) is 3.49. The van der Waals surface area contributed by atoms with Crippen molar-refractivity contribution in [2.75, 3.05) is 31.2 Å². The van der Waals surface area contributed by atoms with Crippen molar-refractivity contribution in [3.05, 3.63) is 28.2 Å². The number of anilines is 1. The van der Waals surface area contributed by atoms with Gasteiger partial charge in [0.15, 0.2) is 5.79 Å². The average molecular weight is 327 g/mol. The second-order valence-electron chi connectivity index (χ2n) is 5.07. The normalized spacial score (nSPS) is 22.1. The maximum absolute atomic E-state index is 5.88. The molecule has 2 heterocycles. The summed E-state index contributed by atoms with van der Waals surface area (Å²) >= 11 is 3.58. The van der Waals surface area contributed by atoms with Gasteiger partial charge in [-0.15, -0.1) is 0 Å². The lowest BCUT2D eigenvalue weighted by atomic mass is 10.0. The van der Waals surface area contributed by atoms with E-state index in [2.05, 4.69) is 33.0 Å². The standard InChI is InChI=1S/C14H19BrN2O2/c15-12-3-1-4-13(11(12)9-16)17-6-2-5-14(10-17)18-7-8-19-14/h1,3-4H,2,5-10,16H2. The van der Waals surface area contributed by atoms with E-state index in [-0.39, 0.29) is 0 Å². The molecular weight excluding hydrogens is 308 g/mol. The monoisotopic (exact) mass is 326 g/mol. The van der Waals surface area contributed by atoms with E-state index in [4.69, 9.17) is 15.2 Å². The van der Waals surface area contributed by atoms with Crippen LogP contribution < -0.4 is 10.6 Å². The van der Waals surface area contributed by atoms with Gasteiger partial charge in [-0.05, 0) is 18.6 Å². The molecular formula is C14H19BrN2O2. The number of halogens is 1. The molecule has 0 amide bonds. The highest BCUT2D eigenvalue weighted by Gasteiger charge is 2.41. The molecule has 1 aromatic carbocycles. The van der Waals surface area contributed by atoms with E-state index < -0.39 is 5.79 Å². The molecule has 2 saturated heterocycles. The number of hydrogen-bond acceptors (Lipinski definition) is 4. The Morgan fingerprint density at radius 3 is 2.84 bits per heavy atom. The van der Waals surface area contributed by atoms with Crippen LogP contribution in [0.4, 0.5) is 5.69 Å².